The first-order valence-corrected chi connectivity index (χ1v) is 13.6. The molecule has 1 fully saturated rings. The molecule has 3 aromatic carbocycles. The maximum atomic E-state index is 12.7. The molecule has 0 radical (unpaired) electrons. The van der Waals surface area contributed by atoms with Crippen molar-refractivity contribution in [2.45, 2.75) is 51.6 Å². The van der Waals surface area contributed by atoms with Gasteiger partial charge in [0.05, 0.1) is 5.41 Å². The Morgan fingerprint density at radius 3 is 1.87 bits per heavy atom. The van der Waals surface area contributed by atoms with Crippen molar-refractivity contribution in [2.24, 2.45) is 11.3 Å². The maximum Gasteiger partial charge on any atom is 0.309 e. The summed E-state index contributed by atoms with van der Waals surface area (Å²) in [5.74, 6) is -0.590. The number of benzene rings is 3. The average molecular weight is 514 g/mol. The Labute approximate surface area is 226 Å². The largest absolute Gasteiger partial charge is 0.481 e. The van der Waals surface area contributed by atoms with Gasteiger partial charge in [0.2, 0.25) is 0 Å². The summed E-state index contributed by atoms with van der Waals surface area (Å²) in [4.78, 5) is 26.5. The summed E-state index contributed by atoms with van der Waals surface area (Å²) in [6, 6.07) is 27.3. The highest BCUT2D eigenvalue weighted by atomic mass is 16.4. The van der Waals surface area contributed by atoms with Crippen molar-refractivity contribution < 1.29 is 19.8 Å². The Hall–Kier alpha value is -3.28. The number of carbonyl (C=O) groups is 2. The van der Waals surface area contributed by atoms with Gasteiger partial charge in [-0.3, -0.25) is 9.59 Å². The summed E-state index contributed by atoms with van der Waals surface area (Å²) in [6.45, 7) is 6.07. The van der Waals surface area contributed by atoms with E-state index in [1.807, 2.05) is 84.9 Å². The number of ketones is 1. The fourth-order valence-corrected chi connectivity index (χ4v) is 5.60. The topological polar surface area (TPSA) is 77.8 Å². The van der Waals surface area contributed by atoms with Gasteiger partial charge in [-0.05, 0) is 81.8 Å². The summed E-state index contributed by atoms with van der Waals surface area (Å²) in [7, 11) is 0. The van der Waals surface area contributed by atoms with E-state index in [4.69, 9.17) is 0 Å². The first-order chi connectivity index (χ1) is 18.2. The lowest BCUT2D eigenvalue weighted by Gasteiger charge is -2.42. The minimum atomic E-state index is -1.02. The zero-order chi connectivity index (χ0) is 27.2. The smallest absolute Gasteiger partial charge is 0.309 e. The standard InChI is InChI=1S/C33H39NO4/c1-32(2,31(36)37)24-25-15-17-26(18-16-25)30(35)14-9-21-34-22-19-29(20-23-34)33(38,27-10-5-3-6-11-27)28-12-7-4-8-13-28/h3-8,10-13,15-18,29,38H,9,14,19-24H2,1-2H3,(H,36,37). The van der Waals surface area contributed by atoms with Crippen molar-refractivity contribution >= 4 is 11.8 Å². The molecule has 0 aromatic heterocycles. The van der Waals surface area contributed by atoms with E-state index < -0.39 is 17.0 Å². The zero-order valence-corrected chi connectivity index (χ0v) is 22.5. The van der Waals surface area contributed by atoms with Crippen molar-refractivity contribution in [1.82, 2.24) is 4.90 Å². The molecule has 0 amide bonds. The van der Waals surface area contributed by atoms with Crippen molar-refractivity contribution in [3.05, 3.63) is 107 Å². The molecule has 5 nitrogen and oxygen atoms in total. The second-order valence-corrected chi connectivity index (χ2v) is 11.2. The molecule has 0 aliphatic carbocycles. The quantitative estimate of drug-likeness (QED) is 0.310. The number of rotatable bonds is 11. The average Bonchev–Trinajstić information content (AvgIpc) is 2.94. The zero-order valence-electron chi connectivity index (χ0n) is 22.5. The van der Waals surface area contributed by atoms with E-state index in [0.29, 0.717) is 18.4 Å². The highest BCUT2D eigenvalue weighted by Gasteiger charge is 2.41. The lowest BCUT2D eigenvalue weighted by Crippen LogP contribution is -2.44. The van der Waals surface area contributed by atoms with Crippen molar-refractivity contribution in [1.29, 1.82) is 0 Å². The number of aliphatic carboxylic acids is 1. The number of carbonyl (C=O) groups excluding carboxylic acids is 1. The Kier molecular flexibility index (Phi) is 8.80. The van der Waals surface area contributed by atoms with Gasteiger partial charge in [-0.1, -0.05) is 84.9 Å². The SMILES string of the molecule is CC(C)(Cc1ccc(C(=O)CCCN2CCC(C(O)(c3ccccc3)c3ccccc3)CC2)cc1)C(=O)O. The van der Waals surface area contributed by atoms with Crippen molar-refractivity contribution in [3.8, 4) is 0 Å². The Morgan fingerprint density at radius 1 is 0.842 bits per heavy atom. The monoisotopic (exact) mass is 513 g/mol. The molecular weight excluding hydrogens is 474 g/mol. The van der Waals surface area contributed by atoms with Gasteiger partial charge >= 0.3 is 5.97 Å². The van der Waals surface area contributed by atoms with Crippen LogP contribution in [0.4, 0.5) is 0 Å². The molecule has 0 spiro atoms. The maximum absolute atomic E-state index is 12.7. The third-order valence-electron chi connectivity index (χ3n) is 7.99. The normalized spacial score (nSPS) is 15.3. The van der Waals surface area contributed by atoms with Gasteiger partial charge in [0.25, 0.3) is 0 Å². The van der Waals surface area contributed by atoms with E-state index in [2.05, 4.69) is 4.90 Å². The van der Waals surface area contributed by atoms with Gasteiger partial charge < -0.3 is 15.1 Å². The van der Waals surface area contributed by atoms with E-state index >= 15 is 0 Å². The number of hydrogen-bond acceptors (Lipinski definition) is 4. The number of piperidine rings is 1. The molecule has 1 saturated heterocycles. The van der Waals surface area contributed by atoms with E-state index in [0.717, 1.165) is 55.6 Å². The van der Waals surface area contributed by atoms with Crippen LogP contribution < -0.4 is 0 Å². The van der Waals surface area contributed by atoms with Gasteiger partial charge in [-0.25, -0.2) is 0 Å². The lowest BCUT2D eigenvalue weighted by molar-refractivity contribution is -0.146. The van der Waals surface area contributed by atoms with Crippen molar-refractivity contribution in [2.75, 3.05) is 19.6 Å². The number of Topliss-reactive ketones (excluding diaryl/α,β-unsaturated/α-hetero) is 1. The van der Waals surface area contributed by atoms with Crippen LogP contribution in [0.3, 0.4) is 0 Å². The minimum Gasteiger partial charge on any atom is -0.481 e. The number of nitrogens with zero attached hydrogens (tertiary/aromatic N) is 1. The molecular formula is C33H39NO4. The van der Waals surface area contributed by atoms with Crippen LogP contribution in [0.5, 0.6) is 0 Å². The highest BCUT2D eigenvalue weighted by Crippen LogP contribution is 2.41. The molecule has 0 unspecified atom stereocenters. The number of carboxylic acid groups (broad SMARTS) is 1. The molecule has 0 saturated carbocycles. The van der Waals surface area contributed by atoms with Crippen molar-refractivity contribution in [3.63, 3.8) is 0 Å². The third kappa shape index (κ3) is 6.40. The fourth-order valence-electron chi connectivity index (χ4n) is 5.60. The Bertz CT molecular complexity index is 1160. The van der Waals surface area contributed by atoms with Crippen LogP contribution in [0.2, 0.25) is 0 Å². The minimum absolute atomic E-state index is 0.117. The van der Waals surface area contributed by atoms with Crippen LogP contribution in [0.25, 0.3) is 0 Å². The van der Waals surface area contributed by atoms with E-state index in [9.17, 15) is 19.8 Å². The molecule has 200 valence electrons. The molecule has 5 heteroatoms. The first-order valence-electron chi connectivity index (χ1n) is 13.6. The summed E-state index contributed by atoms with van der Waals surface area (Å²) >= 11 is 0. The predicted molar refractivity (Wildman–Crippen MR) is 150 cm³/mol. The van der Waals surface area contributed by atoms with Gasteiger partial charge in [-0.15, -0.1) is 0 Å². The Balaban J connectivity index is 1.29. The summed E-state index contributed by atoms with van der Waals surface area (Å²) in [5, 5.41) is 21.4. The van der Waals surface area contributed by atoms with Crippen LogP contribution >= 0.6 is 0 Å². The summed E-state index contributed by atoms with van der Waals surface area (Å²) in [5.41, 5.74) is 1.62. The lowest BCUT2D eigenvalue weighted by atomic mass is 9.72. The number of aliphatic hydroxyl groups is 1. The molecule has 2 N–H and O–H groups in total. The Morgan fingerprint density at radius 2 is 1.37 bits per heavy atom. The van der Waals surface area contributed by atoms with Crippen LogP contribution in [0.1, 0.15) is 66.6 Å². The van der Waals surface area contributed by atoms with E-state index in [1.165, 1.54) is 0 Å². The molecule has 1 aliphatic heterocycles. The van der Waals surface area contributed by atoms with Gasteiger partial charge in [-0.2, -0.15) is 0 Å². The summed E-state index contributed by atoms with van der Waals surface area (Å²) in [6.07, 6.45) is 3.48. The van der Waals surface area contributed by atoms with Crippen LogP contribution in [0.15, 0.2) is 84.9 Å². The molecule has 3 aromatic rings. The molecule has 1 aliphatic rings. The predicted octanol–water partition coefficient (Wildman–Crippen LogP) is 5.95. The highest BCUT2D eigenvalue weighted by molar-refractivity contribution is 5.96. The first kappa shape index (κ1) is 27.7. The number of carboxylic acids is 1. The van der Waals surface area contributed by atoms with Gasteiger partial charge in [0.1, 0.15) is 5.60 Å². The molecule has 4 rings (SSSR count). The summed E-state index contributed by atoms with van der Waals surface area (Å²) < 4.78 is 0. The van der Waals surface area contributed by atoms with Crippen LogP contribution in [-0.4, -0.2) is 46.5 Å². The fraction of sp³-hybridized carbons (Fsp3) is 0.394. The second-order valence-electron chi connectivity index (χ2n) is 11.2. The van der Waals surface area contributed by atoms with Crippen LogP contribution in [-0.2, 0) is 16.8 Å². The van der Waals surface area contributed by atoms with E-state index in [-0.39, 0.29) is 11.7 Å². The van der Waals surface area contributed by atoms with Gasteiger partial charge in [0, 0.05) is 12.0 Å². The number of hydrogen-bond donors (Lipinski definition) is 2. The third-order valence-corrected chi connectivity index (χ3v) is 7.99. The van der Waals surface area contributed by atoms with E-state index in [1.54, 1.807) is 13.8 Å². The molecule has 1 heterocycles. The van der Waals surface area contributed by atoms with Crippen LogP contribution in [0, 0.1) is 11.3 Å². The van der Waals surface area contributed by atoms with Gasteiger partial charge in [0.15, 0.2) is 5.78 Å². The molecule has 0 atom stereocenters. The molecule has 38 heavy (non-hydrogen) atoms. The number of likely N-dealkylation sites (tertiary alicyclic amines) is 1. The second kappa shape index (κ2) is 12.1. The molecule has 0 bridgehead atoms.